The maximum atomic E-state index is 12.8. The minimum absolute atomic E-state index is 0.0927. The number of fused-ring (bicyclic) bond motifs is 1. The smallest absolute Gasteiger partial charge is 0.225 e. The van der Waals surface area contributed by atoms with Crippen LogP contribution in [-0.2, 0) is 4.79 Å². The highest BCUT2D eigenvalue weighted by molar-refractivity contribution is 7.99. The summed E-state index contributed by atoms with van der Waals surface area (Å²) in [6.45, 7) is 0. The molecule has 0 aliphatic carbocycles. The molecule has 3 aromatic rings. The van der Waals surface area contributed by atoms with E-state index in [1.165, 1.54) is 12.1 Å². The van der Waals surface area contributed by atoms with Gasteiger partial charge in [-0.05, 0) is 36.4 Å². The molecule has 3 rings (SSSR count). The van der Waals surface area contributed by atoms with Crippen LogP contribution in [0.2, 0.25) is 0 Å². The zero-order valence-corrected chi connectivity index (χ0v) is 13.1. The largest absolute Gasteiger partial charge is 0.326 e. The Labute approximate surface area is 137 Å². The molecule has 1 aromatic heterocycles. The molecule has 1 N–H and O–H groups in total. The first kappa shape index (κ1) is 15.5. The first-order chi connectivity index (χ1) is 11.2. The predicted octanol–water partition coefficient (Wildman–Crippen LogP) is 4.49. The van der Waals surface area contributed by atoms with Crippen molar-refractivity contribution in [1.29, 1.82) is 0 Å². The lowest BCUT2D eigenvalue weighted by Gasteiger charge is -2.05. The molecule has 0 saturated heterocycles. The minimum atomic E-state index is -0.319. The fraction of sp³-hybridized carbons (Fsp3) is 0.111. The number of carbonyl (C=O) groups excluding carboxylic acids is 1. The summed E-state index contributed by atoms with van der Waals surface area (Å²) in [4.78, 5) is 16.4. The van der Waals surface area contributed by atoms with E-state index in [4.69, 9.17) is 0 Å². The third kappa shape index (κ3) is 4.29. The van der Waals surface area contributed by atoms with Crippen molar-refractivity contribution in [2.45, 2.75) is 11.4 Å². The average molecular weight is 326 g/mol. The summed E-state index contributed by atoms with van der Waals surface area (Å²) in [6.07, 6.45) is 0.372. The molecule has 0 unspecified atom stereocenters. The number of halogens is 1. The number of hydrogen-bond donors (Lipinski definition) is 1. The summed E-state index contributed by atoms with van der Waals surface area (Å²) < 4.78 is 12.8. The van der Waals surface area contributed by atoms with E-state index in [1.54, 1.807) is 23.9 Å². The van der Waals surface area contributed by atoms with Gasteiger partial charge in [0.25, 0.3) is 0 Å². The molecular formula is C18H15FN2OS. The van der Waals surface area contributed by atoms with Gasteiger partial charge in [-0.1, -0.05) is 24.3 Å². The second-order valence-electron chi connectivity index (χ2n) is 5.00. The maximum absolute atomic E-state index is 12.8. The van der Waals surface area contributed by atoms with Crippen molar-refractivity contribution in [1.82, 2.24) is 4.98 Å². The number of carbonyl (C=O) groups is 1. The normalized spacial score (nSPS) is 10.7. The molecule has 5 heteroatoms. The Morgan fingerprint density at radius 2 is 1.83 bits per heavy atom. The van der Waals surface area contributed by atoms with Gasteiger partial charge in [0.05, 0.1) is 10.5 Å². The van der Waals surface area contributed by atoms with Crippen molar-refractivity contribution in [2.75, 3.05) is 11.1 Å². The van der Waals surface area contributed by atoms with Gasteiger partial charge in [-0.25, -0.2) is 9.37 Å². The number of anilines is 1. The van der Waals surface area contributed by atoms with Crippen LogP contribution in [0.5, 0.6) is 0 Å². The Morgan fingerprint density at radius 1 is 1.04 bits per heavy atom. The lowest BCUT2D eigenvalue weighted by molar-refractivity contribution is -0.115. The van der Waals surface area contributed by atoms with Gasteiger partial charge in [-0.3, -0.25) is 4.79 Å². The average Bonchev–Trinajstić information content (AvgIpc) is 2.57. The van der Waals surface area contributed by atoms with Crippen LogP contribution in [0.1, 0.15) is 6.42 Å². The Kier molecular flexibility index (Phi) is 4.88. The van der Waals surface area contributed by atoms with Gasteiger partial charge in [0.15, 0.2) is 0 Å². The molecule has 23 heavy (non-hydrogen) atoms. The number of hydrogen-bond acceptors (Lipinski definition) is 3. The first-order valence-corrected chi connectivity index (χ1v) is 8.23. The van der Waals surface area contributed by atoms with E-state index in [0.717, 1.165) is 15.9 Å². The second kappa shape index (κ2) is 7.24. The molecule has 116 valence electrons. The fourth-order valence-corrected chi connectivity index (χ4v) is 2.96. The van der Waals surface area contributed by atoms with Gasteiger partial charge >= 0.3 is 0 Å². The molecular weight excluding hydrogens is 311 g/mol. The van der Waals surface area contributed by atoms with Crippen molar-refractivity contribution < 1.29 is 9.18 Å². The van der Waals surface area contributed by atoms with E-state index >= 15 is 0 Å². The lowest BCUT2D eigenvalue weighted by Crippen LogP contribution is -2.12. The third-order valence-corrected chi connectivity index (χ3v) is 4.21. The lowest BCUT2D eigenvalue weighted by atomic mass is 10.2. The Morgan fingerprint density at radius 3 is 2.65 bits per heavy atom. The van der Waals surface area contributed by atoms with Gasteiger partial charge < -0.3 is 5.32 Å². The molecule has 0 bridgehead atoms. The topological polar surface area (TPSA) is 42.0 Å². The SMILES string of the molecule is O=C(CCSc1ccc2ccccc2n1)Nc1ccc(F)cc1. The fourth-order valence-electron chi connectivity index (χ4n) is 2.13. The Hall–Kier alpha value is -2.40. The summed E-state index contributed by atoms with van der Waals surface area (Å²) in [5.41, 5.74) is 1.55. The molecule has 0 radical (unpaired) electrons. The van der Waals surface area contributed by atoms with E-state index < -0.39 is 0 Å². The quantitative estimate of drug-likeness (QED) is 0.702. The molecule has 0 spiro atoms. The highest BCUT2D eigenvalue weighted by Gasteiger charge is 2.04. The van der Waals surface area contributed by atoms with Crippen molar-refractivity contribution in [3.63, 3.8) is 0 Å². The Bertz CT molecular complexity index is 821. The van der Waals surface area contributed by atoms with Crippen LogP contribution in [0.25, 0.3) is 10.9 Å². The van der Waals surface area contributed by atoms with Crippen LogP contribution in [0.15, 0.2) is 65.7 Å². The summed E-state index contributed by atoms with van der Waals surface area (Å²) >= 11 is 1.54. The summed E-state index contributed by atoms with van der Waals surface area (Å²) in [5.74, 6) is 0.226. The summed E-state index contributed by atoms with van der Waals surface area (Å²) in [6, 6.07) is 17.7. The van der Waals surface area contributed by atoms with E-state index in [-0.39, 0.29) is 11.7 Å². The molecule has 0 atom stereocenters. The Balaban J connectivity index is 1.51. The zero-order chi connectivity index (χ0) is 16.1. The monoisotopic (exact) mass is 326 g/mol. The zero-order valence-electron chi connectivity index (χ0n) is 12.3. The highest BCUT2D eigenvalue weighted by atomic mass is 32.2. The molecule has 0 saturated carbocycles. The van der Waals surface area contributed by atoms with E-state index in [1.807, 2.05) is 36.4 Å². The van der Waals surface area contributed by atoms with E-state index in [9.17, 15) is 9.18 Å². The number of pyridine rings is 1. The van der Waals surface area contributed by atoms with E-state index in [2.05, 4.69) is 10.3 Å². The van der Waals surface area contributed by atoms with Crippen LogP contribution in [0.3, 0.4) is 0 Å². The number of nitrogens with zero attached hydrogens (tertiary/aromatic N) is 1. The minimum Gasteiger partial charge on any atom is -0.326 e. The molecule has 3 nitrogen and oxygen atoms in total. The number of para-hydroxylation sites is 1. The number of aromatic nitrogens is 1. The van der Waals surface area contributed by atoms with Crippen molar-refractivity contribution in [3.05, 3.63) is 66.5 Å². The molecule has 0 fully saturated rings. The second-order valence-corrected chi connectivity index (χ2v) is 6.11. The summed E-state index contributed by atoms with van der Waals surface area (Å²) in [7, 11) is 0. The van der Waals surface area contributed by atoms with Crippen molar-refractivity contribution >= 4 is 34.3 Å². The van der Waals surface area contributed by atoms with Gasteiger partial charge in [0.1, 0.15) is 5.82 Å². The molecule has 2 aromatic carbocycles. The number of nitrogens with one attached hydrogen (secondary N) is 1. The maximum Gasteiger partial charge on any atom is 0.225 e. The number of rotatable bonds is 5. The van der Waals surface area contributed by atoms with E-state index in [0.29, 0.717) is 17.9 Å². The van der Waals surface area contributed by atoms with Gasteiger partial charge in [-0.2, -0.15) is 0 Å². The van der Waals surface area contributed by atoms with Crippen LogP contribution in [0.4, 0.5) is 10.1 Å². The number of amides is 1. The first-order valence-electron chi connectivity index (χ1n) is 7.25. The van der Waals surface area contributed by atoms with Crippen LogP contribution >= 0.6 is 11.8 Å². The van der Waals surface area contributed by atoms with Crippen LogP contribution in [-0.4, -0.2) is 16.6 Å². The van der Waals surface area contributed by atoms with Crippen molar-refractivity contribution in [3.8, 4) is 0 Å². The van der Waals surface area contributed by atoms with Crippen LogP contribution in [0, 0.1) is 5.82 Å². The standard InChI is InChI=1S/C18H15FN2OS/c19-14-6-8-15(9-7-14)20-17(22)11-12-23-18-10-5-13-3-1-2-4-16(13)21-18/h1-10H,11-12H2,(H,20,22). The van der Waals surface area contributed by atoms with Crippen molar-refractivity contribution in [2.24, 2.45) is 0 Å². The third-order valence-electron chi connectivity index (χ3n) is 3.28. The number of benzene rings is 2. The molecule has 0 aliphatic heterocycles. The molecule has 1 amide bonds. The van der Waals surface area contributed by atoms with Crippen LogP contribution < -0.4 is 5.32 Å². The number of thioether (sulfide) groups is 1. The van der Waals surface area contributed by atoms with Gasteiger partial charge in [-0.15, -0.1) is 11.8 Å². The summed E-state index contributed by atoms with van der Waals surface area (Å²) in [5, 5.41) is 4.75. The molecule has 0 aliphatic rings. The predicted molar refractivity (Wildman–Crippen MR) is 92.1 cm³/mol. The highest BCUT2D eigenvalue weighted by Crippen LogP contribution is 2.20. The van der Waals surface area contributed by atoms with Gasteiger partial charge in [0.2, 0.25) is 5.91 Å². The van der Waals surface area contributed by atoms with Gasteiger partial charge in [0, 0.05) is 23.2 Å². The molecule has 1 heterocycles.